The molecule has 2 aromatic rings. The van der Waals surface area contributed by atoms with Crippen LogP contribution >= 0.6 is 0 Å². The van der Waals surface area contributed by atoms with E-state index in [2.05, 4.69) is 20.2 Å². The Kier molecular flexibility index (Phi) is 5.84. The third kappa shape index (κ3) is 4.35. The van der Waals surface area contributed by atoms with E-state index in [9.17, 15) is 13.2 Å². The topological polar surface area (TPSA) is 59.5 Å². The lowest BCUT2D eigenvalue weighted by atomic mass is 9.86. The Bertz CT molecular complexity index is 927. The molecule has 1 aliphatic carbocycles. The van der Waals surface area contributed by atoms with Gasteiger partial charge in [0.05, 0.1) is 44.0 Å². The van der Waals surface area contributed by atoms with Crippen molar-refractivity contribution in [3.8, 4) is 5.88 Å². The van der Waals surface area contributed by atoms with Crippen molar-refractivity contribution in [1.82, 2.24) is 9.97 Å². The van der Waals surface area contributed by atoms with Crippen LogP contribution in [0, 0.1) is 11.7 Å². The summed E-state index contributed by atoms with van der Waals surface area (Å²) in [6.45, 7) is 1.25. The highest BCUT2D eigenvalue weighted by Crippen LogP contribution is 2.39. The zero-order valence-electron chi connectivity index (χ0n) is 17.8. The van der Waals surface area contributed by atoms with E-state index in [1.807, 2.05) is 24.3 Å². The summed E-state index contributed by atoms with van der Waals surface area (Å²) in [5.74, 6) is -4.65. The van der Waals surface area contributed by atoms with E-state index >= 15 is 0 Å². The van der Waals surface area contributed by atoms with Gasteiger partial charge >= 0.3 is 0 Å². The number of hydrogen-bond acceptors (Lipinski definition) is 6. The maximum Gasteiger partial charge on any atom is 0.255 e. The Morgan fingerprint density at radius 2 is 1.84 bits per heavy atom. The van der Waals surface area contributed by atoms with Gasteiger partial charge in [-0.3, -0.25) is 0 Å². The molecule has 0 radical (unpaired) electrons. The van der Waals surface area contributed by atoms with Crippen LogP contribution in [0.1, 0.15) is 38.5 Å². The highest BCUT2D eigenvalue weighted by atomic mass is 19.3. The highest BCUT2D eigenvalue weighted by molar-refractivity contribution is 5.60. The highest BCUT2D eigenvalue weighted by Gasteiger charge is 2.42. The number of nitrogens with zero attached hydrogens (tertiary/aromatic N) is 3. The Hall–Kier alpha value is -2.55. The van der Waals surface area contributed by atoms with Crippen LogP contribution in [0.15, 0.2) is 30.5 Å². The Morgan fingerprint density at radius 3 is 2.56 bits per heavy atom. The molecule has 3 fully saturated rings. The molecule has 0 spiro atoms. The van der Waals surface area contributed by atoms with Crippen LogP contribution in [0.4, 0.5) is 30.5 Å². The monoisotopic (exact) mass is 448 g/mol. The van der Waals surface area contributed by atoms with Gasteiger partial charge in [-0.05, 0) is 49.9 Å². The lowest BCUT2D eigenvalue weighted by molar-refractivity contribution is -0.0985. The van der Waals surface area contributed by atoms with E-state index in [1.165, 1.54) is 0 Å². The summed E-state index contributed by atoms with van der Waals surface area (Å²) in [4.78, 5) is 10.4. The van der Waals surface area contributed by atoms with Crippen LogP contribution in [-0.4, -0.2) is 47.8 Å². The summed E-state index contributed by atoms with van der Waals surface area (Å²) in [7, 11) is 0. The van der Waals surface area contributed by atoms with Gasteiger partial charge in [0.25, 0.3) is 11.8 Å². The molecule has 9 heteroatoms. The van der Waals surface area contributed by atoms with Crippen molar-refractivity contribution in [3.63, 3.8) is 0 Å². The summed E-state index contributed by atoms with van der Waals surface area (Å²) in [6.07, 6.45) is 4.72. The van der Waals surface area contributed by atoms with Crippen LogP contribution in [0.3, 0.4) is 0 Å². The van der Waals surface area contributed by atoms with E-state index in [0.717, 1.165) is 50.0 Å². The Labute approximate surface area is 185 Å². The predicted molar refractivity (Wildman–Crippen MR) is 114 cm³/mol. The number of ether oxygens (including phenoxy) is 2. The first kappa shape index (κ1) is 21.3. The average Bonchev–Trinajstić information content (AvgIpc) is 3.03. The lowest BCUT2D eigenvalue weighted by Gasteiger charge is -2.36. The fourth-order valence-electron chi connectivity index (χ4n) is 4.96. The number of aromatic nitrogens is 2. The molecular formula is C23H27F3N4O2. The quantitative estimate of drug-likeness (QED) is 0.676. The molecule has 2 aliphatic heterocycles. The van der Waals surface area contributed by atoms with Gasteiger partial charge in [0.1, 0.15) is 0 Å². The molecule has 32 heavy (non-hydrogen) atoms. The molecule has 0 amide bonds. The Morgan fingerprint density at radius 1 is 1.09 bits per heavy atom. The predicted octanol–water partition coefficient (Wildman–Crippen LogP) is 4.93. The van der Waals surface area contributed by atoms with Gasteiger partial charge in [-0.2, -0.15) is 9.37 Å². The average molecular weight is 448 g/mol. The van der Waals surface area contributed by atoms with Gasteiger partial charge in [-0.25, -0.2) is 13.8 Å². The largest absolute Gasteiger partial charge is 0.475 e. The van der Waals surface area contributed by atoms with Crippen LogP contribution in [0.5, 0.6) is 5.88 Å². The number of benzene rings is 1. The standard InChI is InChI=1S/C23H27F3N4O2/c24-20-11-27-22(29-21(20)32-12-15-3-1-2-10-23(15,25)26)28-16-4-6-17(7-5-16)30-18-8-9-19(30)14-31-13-18/h4-7,11,15,18-19H,1-3,8-10,12-14H2,(H,27,28,29)/t15-,18?,19?/m1/s1. The van der Waals surface area contributed by atoms with Crippen molar-refractivity contribution in [2.24, 2.45) is 5.92 Å². The maximum atomic E-state index is 14.1. The number of fused-ring (bicyclic) bond motifs is 2. The van der Waals surface area contributed by atoms with Crippen LogP contribution in [0.2, 0.25) is 0 Å². The summed E-state index contributed by atoms with van der Waals surface area (Å²) in [6, 6.07) is 8.74. The first-order chi connectivity index (χ1) is 15.5. The van der Waals surface area contributed by atoms with Gasteiger partial charge in [0, 0.05) is 17.8 Å². The zero-order valence-corrected chi connectivity index (χ0v) is 17.8. The molecule has 1 aromatic carbocycles. The van der Waals surface area contributed by atoms with E-state index in [-0.39, 0.29) is 24.9 Å². The molecule has 3 atom stereocenters. The molecule has 6 nitrogen and oxygen atoms in total. The van der Waals surface area contributed by atoms with Crippen molar-refractivity contribution in [2.45, 2.75) is 56.5 Å². The van der Waals surface area contributed by atoms with Gasteiger partial charge in [0.2, 0.25) is 11.8 Å². The van der Waals surface area contributed by atoms with E-state index in [0.29, 0.717) is 24.9 Å². The minimum Gasteiger partial charge on any atom is -0.475 e. The number of rotatable bonds is 6. The second-order valence-electron chi connectivity index (χ2n) is 8.86. The molecule has 3 heterocycles. The second kappa shape index (κ2) is 8.77. The van der Waals surface area contributed by atoms with Crippen LogP contribution < -0.4 is 15.0 Å². The second-order valence-corrected chi connectivity index (χ2v) is 8.86. The minimum absolute atomic E-state index is 0.149. The van der Waals surface area contributed by atoms with Gasteiger partial charge in [-0.1, -0.05) is 6.42 Å². The number of nitrogens with one attached hydrogen (secondary N) is 1. The Balaban J connectivity index is 1.24. The minimum atomic E-state index is -2.79. The molecule has 3 aliphatic rings. The van der Waals surface area contributed by atoms with Crippen LogP contribution in [-0.2, 0) is 4.74 Å². The molecule has 2 unspecified atom stereocenters. The molecule has 5 rings (SSSR count). The first-order valence-corrected chi connectivity index (χ1v) is 11.3. The van der Waals surface area contributed by atoms with E-state index in [1.54, 1.807) is 0 Å². The fraction of sp³-hybridized carbons (Fsp3) is 0.565. The van der Waals surface area contributed by atoms with Crippen molar-refractivity contribution >= 4 is 17.3 Å². The third-order valence-electron chi connectivity index (χ3n) is 6.71. The maximum absolute atomic E-state index is 14.1. The van der Waals surface area contributed by atoms with Gasteiger partial charge in [0.15, 0.2) is 0 Å². The summed E-state index contributed by atoms with van der Waals surface area (Å²) >= 11 is 0. The SMILES string of the molecule is Fc1cnc(Nc2ccc(N3C4CCC3COC4)cc2)nc1OC[C@H]1CCCCC1(F)F. The number of halogens is 3. The van der Waals surface area contributed by atoms with E-state index in [4.69, 9.17) is 9.47 Å². The normalized spacial score (nSPS) is 26.7. The molecule has 1 N–H and O–H groups in total. The number of hydrogen-bond donors (Lipinski definition) is 1. The molecule has 1 saturated carbocycles. The van der Waals surface area contributed by atoms with Crippen molar-refractivity contribution < 1.29 is 22.6 Å². The zero-order chi connectivity index (χ0) is 22.1. The van der Waals surface area contributed by atoms with Crippen LogP contribution in [0.25, 0.3) is 0 Å². The molecule has 2 bridgehead atoms. The number of anilines is 3. The van der Waals surface area contributed by atoms with Crippen molar-refractivity contribution in [1.29, 1.82) is 0 Å². The summed E-state index contributed by atoms with van der Waals surface area (Å²) in [5.41, 5.74) is 1.88. The smallest absolute Gasteiger partial charge is 0.255 e. The lowest BCUT2D eigenvalue weighted by Crippen LogP contribution is -2.45. The van der Waals surface area contributed by atoms with Gasteiger partial charge < -0.3 is 19.7 Å². The number of alkyl halides is 2. The molecule has 2 saturated heterocycles. The van der Waals surface area contributed by atoms with E-state index < -0.39 is 17.7 Å². The van der Waals surface area contributed by atoms with Crippen molar-refractivity contribution in [3.05, 3.63) is 36.3 Å². The van der Waals surface area contributed by atoms with Gasteiger partial charge in [-0.15, -0.1) is 0 Å². The first-order valence-electron chi connectivity index (χ1n) is 11.3. The molecule has 172 valence electrons. The third-order valence-corrected chi connectivity index (χ3v) is 6.71. The van der Waals surface area contributed by atoms with Crippen molar-refractivity contribution in [2.75, 3.05) is 30.0 Å². The summed E-state index contributed by atoms with van der Waals surface area (Å²) in [5, 5.41) is 3.03. The number of morpholine rings is 1. The summed E-state index contributed by atoms with van der Waals surface area (Å²) < 4.78 is 53.2. The molecular weight excluding hydrogens is 421 g/mol. The molecule has 1 aromatic heterocycles. The fourth-order valence-corrected chi connectivity index (χ4v) is 4.96.